The van der Waals surface area contributed by atoms with E-state index in [0.29, 0.717) is 25.0 Å². The van der Waals surface area contributed by atoms with Crippen LogP contribution in [0.4, 0.5) is 10.1 Å². The number of halogens is 2. The van der Waals surface area contributed by atoms with E-state index in [9.17, 15) is 19.5 Å². The molecule has 1 amide bonds. The molecule has 10 heteroatoms. The second-order valence-corrected chi connectivity index (χ2v) is 7.94. The number of hydrogen-bond donors (Lipinski definition) is 2. The highest BCUT2D eigenvalue weighted by molar-refractivity contribution is 6.38. The third kappa shape index (κ3) is 3.48. The SMILES string of the molecule is N#CCC(=O)NC1CCN(c2c(F)cc3c(=O)c(C(=O)O)cn(C4CC4)c3c2Cl)C1. The molecule has 2 aliphatic rings. The molecule has 1 saturated heterocycles. The Morgan fingerprint density at radius 2 is 2.10 bits per heavy atom. The average Bonchev–Trinajstić information content (AvgIpc) is 3.43. The van der Waals surface area contributed by atoms with Crippen molar-refractivity contribution < 1.29 is 19.1 Å². The third-order valence-corrected chi connectivity index (χ3v) is 5.82. The van der Waals surface area contributed by atoms with E-state index in [1.54, 1.807) is 15.5 Å². The van der Waals surface area contributed by atoms with Gasteiger partial charge >= 0.3 is 5.97 Å². The van der Waals surface area contributed by atoms with Gasteiger partial charge in [-0.2, -0.15) is 5.26 Å². The number of aromatic carboxylic acids is 1. The fraction of sp³-hybridized carbons (Fsp3) is 0.400. The lowest BCUT2D eigenvalue weighted by atomic mass is 10.1. The smallest absolute Gasteiger partial charge is 0.341 e. The first-order valence-corrected chi connectivity index (χ1v) is 9.91. The van der Waals surface area contributed by atoms with Gasteiger partial charge in [-0.15, -0.1) is 0 Å². The van der Waals surface area contributed by atoms with Crippen molar-refractivity contribution in [3.63, 3.8) is 0 Å². The first-order valence-electron chi connectivity index (χ1n) is 9.53. The van der Waals surface area contributed by atoms with Crippen molar-refractivity contribution in [2.45, 2.75) is 37.8 Å². The Morgan fingerprint density at radius 1 is 1.37 bits per heavy atom. The minimum atomic E-state index is -1.37. The van der Waals surface area contributed by atoms with Gasteiger partial charge in [-0.05, 0) is 25.3 Å². The fourth-order valence-electron chi connectivity index (χ4n) is 3.95. The van der Waals surface area contributed by atoms with Crippen molar-refractivity contribution >= 4 is 40.1 Å². The number of carbonyl (C=O) groups is 2. The van der Waals surface area contributed by atoms with Crippen LogP contribution in [0, 0.1) is 17.1 Å². The van der Waals surface area contributed by atoms with Gasteiger partial charge in [0.1, 0.15) is 17.8 Å². The lowest BCUT2D eigenvalue weighted by Crippen LogP contribution is -2.37. The van der Waals surface area contributed by atoms with Crippen LogP contribution in [0.15, 0.2) is 17.1 Å². The maximum atomic E-state index is 15.1. The molecule has 156 valence electrons. The van der Waals surface area contributed by atoms with Gasteiger partial charge in [0, 0.05) is 31.4 Å². The Labute approximate surface area is 175 Å². The maximum Gasteiger partial charge on any atom is 0.341 e. The standard InChI is InChI=1S/C20H18ClFN4O4/c21-16-17-12(19(28)13(20(29)30)9-26(17)11-1-2-11)7-14(22)18(16)25-6-4-10(8-25)24-15(27)3-5-23/h7,9-11H,1-4,6,8H2,(H,24,27)(H,29,30). The summed E-state index contributed by atoms with van der Waals surface area (Å²) in [5.74, 6) is -2.48. The number of rotatable bonds is 5. The van der Waals surface area contributed by atoms with Gasteiger partial charge in [0.05, 0.1) is 27.7 Å². The highest BCUT2D eigenvalue weighted by Gasteiger charge is 2.32. The molecule has 1 saturated carbocycles. The molecule has 8 nitrogen and oxygen atoms in total. The van der Waals surface area contributed by atoms with Crippen molar-refractivity contribution in [3.8, 4) is 6.07 Å². The Hall–Kier alpha value is -3.12. The zero-order valence-corrected chi connectivity index (χ0v) is 16.6. The molecule has 2 fully saturated rings. The summed E-state index contributed by atoms with van der Waals surface area (Å²) in [7, 11) is 0. The van der Waals surface area contributed by atoms with Crippen LogP contribution in [0.3, 0.4) is 0 Å². The molecule has 2 heterocycles. The van der Waals surface area contributed by atoms with Crippen LogP contribution in [-0.2, 0) is 4.79 Å². The van der Waals surface area contributed by atoms with E-state index >= 15 is 4.39 Å². The van der Waals surface area contributed by atoms with Crippen molar-refractivity contribution in [1.82, 2.24) is 9.88 Å². The summed E-state index contributed by atoms with van der Waals surface area (Å²) in [5, 5.41) is 20.7. The molecule has 1 atom stereocenters. The van der Waals surface area contributed by atoms with Crippen LogP contribution in [0.25, 0.3) is 10.9 Å². The molecule has 2 aromatic rings. The van der Waals surface area contributed by atoms with E-state index < -0.39 is 28.7 Å². The number of anilines is 1. The molecule has 1 unspecified atom stereocenters. The van der Waals surface area contributed by atoms with E-state index in [4.69, 9.17) is 16.9 Å². The summed E-state index contributed by atoms with van der Waals surface area (Å²) < 4.78 is 16.7. The Balaban J connectivity index is 1.78. The summed E-state index contributed by atoms with van der Waals surface area (Å²) in [4.78, 5) is 37.5. The molecule has 0 radical (unpaired) electrons. The number of pyridine rings is 1. The van der Waals surface area contributed by atoms with E-state index in [1.165, 1.54) is 6.20 Å². The monoisotopic (exact) mass is 432 g/mol. The topological polar surface area (TPSA) is 115 Å². The molecular formula is C20H18ClFN4O4. The average molecular weight is 433 g/mol. The van der Waals surface area contributed by atoms with Crippen LogP contribution in [0.1, 0.15) is 42.1 Å². The maximum absolute atomic E-state index is 15.1. The first-order chi connectivity index (χ1) is 14.3. The normalized spacial score (nSPS) is 18.4. The van der Waals surface area contributed by atoms with Crippen LogP contribution < -0.4 is 15.6 Å². The highest BCUT2D eigenvalue weighted by Crippen LogP contribution is 2.42. The largest absolute Gasteiger partial charge is 0.477 e. The third-order valence-electron chi connectivity index (χ3n) is 5.46. The van der Waals surface area contributed by atoms with Crippen LogP contribution in [0.5, 0.6) is 0 Å². The quantitative estimate of drug-likeness (QED) is 0.749. The molecule has 1 aromatic heterocycles. The predicted molar refractivity (Wildman–Crippen MR) is 107 cm³/mol. The molecule has 1 aliphatic heterocycles. The molecule has 2 N–H and O–H groups in total. The summed E-state index contributed by atoms with van der Waals surface area (Å²) in [5.41, 5.74) is -0.746. The van der Waals surface area contributed by atoms with Crippen LogP contribution in [-0.4, -0.2) is 40.7 Å². The van der Waals surface area contributed by atoms with Crippen molar-refractivity contribution in [1.29, 1.82) is 5.26 Å². The number of aromatic nitrogens is 1. The van der Waals surface area contributed by atoms with Crippen LogP contribution >= 0.6 is 11.6 Å². The van der Waals surface area contributed by atoms with Crippen molar-refractivity contribution in [2.75, 3.05) is 18.0 Å². The first kappa shape index (κ1) is 20.2. The Bertz CT molecular complexity index is 1170. The number of carboxylic acid groups (broad SMARTS) is 1. The zero-order chi connectivity index (χ0) is 21.6. The summed E-state index contributed by atoms with van der Waals surface area (Å²) in [6.07, 6.45) is 3.22. The zero-order valence-electron chi connectivity index (χ0n) is 15.8. The molecule has 0 spiro atoms. The van der Waals surface area contributed by atoms with E-state index in [0.717, 1.165) is 18.9 Å². The van der Waals surface area contributed by atoms with Crippen LogP contribution in [0.2, 0.25) is 5.02 Å². The van der Waals surface area contributed by atoms with E-state index in [2.05, 4.69) is 5.32 Å². The second-order valence-electron chi connectivity index (χ2n) is 7.57. The number of nitrogens with one attached hydrogen (secondary N) is 1. The minimum absolute atomic E-state index is 0.0126. The number of amides is 1. The summed E-state index contributed by atoms with van der Waals surface area (Å²) in [6, 6.07) is 2.59. The fourth-order valence-corrected chi connectivity index (χ4v) is 4.36. The Morgan fingerprint density at radius 3 is 2.73 bits per heavy atom. The van der Waals surface area contributed by atoms with Gasteiger partial charge in [-0.25, -0.2) is 9.18 Å². The molecule has 30 heavy (non-hydrogen) atoms. The van der Waals surface area contributed by atoms with Crippen molar-refractivity contribution in [2.24, 2.45) is 0 Å². The molecular weight excluding hydrogens is 415 g/mol. The predicted octanol–water partition coefficient (Wildman–Crippen LogP) is 2.44. The van der Waals surface area contributed by atoms with Gasteiger partial charge in [0.25, 0.3) is 0 Å². The summed E-state index contributed by atoms with van der Waals surface area (Å²) in [6.45, 7) is 0.737. The highest BCUT2D eigenvalue weighted by atomic mass is 35.5. The molecule has 0 bridgehead atoms. The number of carboxylic acids is 1. The summed E-state index contributed by atoms with van der Waals surface area (Å²) >= 11 is 6.59. The lowest BCUT2D eigenvalue weighted by Gasteiger charge is -2.23. The number of nitriles is 1. The van der Waals surface area contributed by atoms with Gasteiger partial charge in [-0.3, -0.25) is 9.59 Å². The number of benzene rings is 1. The minimum Gasteiger partial charge on any atom is -0.477 e. The van der Waals surface area contributed by atoms with E-state index in [1.807, 2.05) is 0 Å². The number of hydrogen-bond acceptors (Lipinski definition) is 5. The number of nitrogens with zero attached hydrogens (tertiary/aromatic N) is 3. The second kappa shape index (κ2) is 7.61. The lowest BCUT2D eigenvalue weighted by molar-refractivity contribution is -0.120. The molecule has 1 aromatic carbocycles. The van der Waals surface area contributed by atoms with Crippen molar-refractivity contribution in [3.05, 3.63) is 38.9 Å². The molecule has 1 aliphatic carbocycles. The Kier molecular flexibility index (Phi) is 5.12. The van der Waals surface area contributed by atoms with Gasteiger partial charge in [0.15, 0.2) is 0 Å². The number of carbonyl (C=O) groups excluding carboxylic acids is 1. The van der Waals surface area contributed by atoms with Gasteiger partial charge in [-0.1, -0.05) is 11.6 Å². The molecule has 4 rings (SSSR count). The van der Waals surface area contributed by atoms with Gasteiger partial charge < -0.3 is 19.9 Å². The van der Waals surface area contributed by atoms with Gasteiger partial charge in [0.2, 0.25) is 11.3 Å². The van der Waals surface area contributed by atoms with E-state index in [-0.39, 0.29) is 34.6 Å². The number of fused-ring (bicyclic) bond motifs is 1.